The lowest BCUT2D eigenvalue weighted by Gasteiger charge is -2.13. The van der Waals surface area contributed by atoms with E-state index in [9.17, 15) is 14.0 Å². The summed E-state index contributed by atoms with van der Waals surface area (Å²) < 4.78 is 19.0. The molecule has 0 saturated carbocycles. The monoisotopic (exact) mass is 409 g/mol. The standard InChI is InChI=1S/C23H20FNO3S/c24-17-11-5-6-12-18(17)28-14-20(26)25-23-21(16-10-4-7-13-19(16)29-23)22(27)15-8-2-1-3-9-15/h1-3,5-6,8-9,11-12H,4,7,10,13-14H2,(H,25,26). The Morgan fingerprint density at radius 3 is 2.52 bits per heavy atom. The van der Waals surface area contributed by atoms with E-state index in [1.165, 1.54) is 23.5 Å². The summed E-state index contributed by atoms with van der Waals surface area (Å²) >= 11 is 1.46. The van der Waals surface area contributed by atoms with Gasteiger partial charge in [0.2, 0.25) is 0 Å². The topological polar surface area (TPSA) is 55.4 Å². The van der Waals surface area contributed by atoms with Crippen molar-refractivity contribution in [2.45, 2.75) is 25.7 Å². The molecule has 148 valence electrons. The predicted octanol–water partition coefficient (Wildman–Crippen LogP) is 5.01. The van der Waals surface area contributed by atoms with E-state index in [0.717, 1.165) is 36.1 Å². The Labute approximate surface area is 172 Å². The van der Waals surface area contributed by atoms with Gasteiger partial charge in [0.05, 0.1) is 5.56 Å². The van der Waals surface area contributed by atoms with E-state index in [4.69, 9.17) is 4.74 Å². The molecule has 1 N–H and O–H groups in total. The van der Waals surface area contributed by atoms with Crippen LogP contribution in [0.1, 0.15) is 39.2 Å². The van der Waals surface area contributed by atoms with Crippen LogP contribution in [0.3, 0.4) is 0 Å². The van der Waals surface area contributed by atoms with Crippen LogP contribution in [0.4, 0.5) is 9.39 Å². The summed E-state index contributed by atoms with van der Waals surface area (Å²) in [5, 5.41) is 3.37. The van der Waals surface area contributed by atoms with Crippen molar-refractivity contribution < 1.29 is 18.7 Å². The molecule has 4 rings (SSSR count). The summed E-state index contributed by atoms with van der Waals surface area (Å²) in [6.45, 7) is -0.331. The van der Waals surface area contributed by atoms with E-state index >= 15 is 0 Å². The third kappa shape index (κ3) is 4.22. The van der Waals surface area contributed by atoms with E-state index in [1.54, 1.807) is 24.3 Å². The fourth-order valence-electron chi connectivity index (χ4n) is 3.50. The van der Waals surface area contributed by atoms with Crippen LogP contribution in [0.2, 0.25) is 0 Å². The molecule has 29 heavy (non-hydrogen) atoms. The number of nitrogens with one attached hydrogen (secondary N) is 1. The number of carbonyl (C=O) groups is 2. The maximum atomic E-state index is 13.7. The lowest BCUT2D eigenvalue weighted by molar-refractivity contribution is -0.118. The van der Waals surface area contributed by atoms with E-state index in [-0.39, 0.29) is 18.1 Å². The minimum Gasteiger partial charge on any atom is -0.481 e. The molecule has 1 aliphatic carbocycles. The highest BCUT2D eigenvalue weighted by molar-refractivity contribution is 7.17. The number of hydrogen-bond donors (Lipinski definition) is 1. The van der Waals surface area contributed by atoms with Gasteiger partial charge in [-0.2, -0.15) is 0 Å². The molecule has 0 radical (unpaired) electrons. The maximum absolute atomic E-state index is 13.7. The minimum atomic E-state index is -0.521. The Morgan fingerprint density at radius 1 is 1.00 bits per heavy atom. The number of ketones is 1. The molecule has 0 unspecified atom stereocenters. The summed E-state index contributed by atoms with van der Waals surface area (Å²) in [4.78, 5) is 26.8. The smallest absolute Gasteiger partial charge is 0.262 e. The van der Waals surface area contributed by atoms with Gasteiger partial charge in [0.25, 0.3) is 5.91 Å². The van der Waals surface area contributed by atoms with Crippen LogP contribution in [0, 0.1) is 5.82 Å². The highest BCUT2D eigenvalue weighted by atomic mass is 32.1. The Balaban J connectivity index is 1.57. The molecule has 0 atom stereocenters. The zero-order valence-corrected chi connectivity index (χ0v) is 16.6. The molecule has 1 aliphatic rings. The van der Waals surface area contributed by atoms with Gasteiger partial charge in [-0.05, 0) is 43.4 Å². The zero-order valence-electron chi connectivity index (χ0n) is 15.7. The predicted molar refractivity (Wildman–Crippen MR) is 111 cm³/mol. The lowest BCUT2D eigenvalue weighted by atomic mass is 9.92. The first-order valence-electron chi connectivity index (χ1n) is 9.55. The van der Waals surface area contributed by atoms with Crippen LogP contribution in [-0.2, 0) is 17.6 Å². The number of para-hydroxylation sites is 1. The molecule has 2 aromatic carbocycles. The number of anilines is 1. The Hall–Kier alpha value is -2.99. The first kappa shape index (κ1) is 19.3. The lowest BCUT2D eigenvalue weighted by Crippen LogP contribution is -2.21. The van der Waals surface area contributed by atoms with E-state index < -0.39 is 11.7 Å². The molecule has 3 aromatic rings. The van der Waals surface area contributed by atoms with Gasteiger partial charge in [0.15, 0.2) is 24.0 Å². The maximum Gasteiger partial charge on any atom is 0.262 e. The van der Waals surface area contributed by atoms with Gasteiger partial charge in [0.1, 0.15) is 5.00 Å². The Morgan fingerprint density at radius 2 is 1.72 bits per heavy atom. The van der Waals surface area contributed by atoms with Gasteiger partial charge >= 0.3 is 0 Å². The molecule has 1 amide bonds. The molecular weight excluding hydrogens is 389 g/mol. The molecule has 1 aromatic heterocycles. The van der Waals surface area contributed by atoms with Gasteiger partial charge in [-0.15, -0.1) is 11.3 Å². The number of amides is 1. The minimum absolute atomic E-state index is 0.0220. The zero-order chi connectivity index (χ0) is 20.2. The number of aryl methyl sites for hydroxylation is 1. The third-order valence-corrected chi connectivity index (χ3v) is 6.09. The number of thiophene rings is 1. The van der Waals surface area contributed by atoms with Crippen molar-refractivity contribution in [1.82, 2.24) is 0 Å². The quantitative estimate of drug-likeness (QED) is 0.582. The summed E-state index contributed by atoms with van der Waals surface area (Å²) in [6, 6.07) is 15.0. The molecule has 0 aliphatic heterocycles. The van der Waals surface area contributed by atoms with E-state index in [2.05, 4.69) is 5.32 Å². The van der Waals surface area contributed by atoms with Gasteiger partial charge in [0, 0.05) is 10.4 Å². The highest BCUT2D eigenvalue weighted by Gasteiger charge is 2.27. The molecular formula is C23H20FNO3S. The summed E-state index contributed by atoms with van der Waals surface area (Å²) in [7, 11) is 0. The fourth-order valence-corrected chi connectivity index (χ4v) is 4.80. The molecule has 6 heteroatoms. The first-order valence-corrected chi connectivity index (χ1v) is 10.4. The number of benzene rings is 2. The van der Waals surface area contributed by atoms with Crippen LogP contribution >= 0.6 is 11.3 Å². The second-order valence-corrected chi connectivity index (χ2v) is 7.98. The number of fused-ring (bicyclic) bond motifs is 1. The van der Waals surface area contributed by atoms with Crippen molar-refractivity contribution in [1.29, 1.82) is 0 Å². The van der Waals surface area contributed by atoms with Crippen LogP contribution in [0.25, 0.3) is 0 Å². The Bertz CT molecular complexity index is 1050. The first-order chi connectivity index (χ1) is 14.1. The van der Waals surface area contributed by atoms with Gasteiger partial charge in [-0.1, -0.05) is 42.5 Å². The normalized spacial score (nSPS) is 12.9. The highest BCUT2D eigenvalue weighted by Crippen LogP contribution is 2.39. The van der Waals surface area contributed by atoms with Crippen LogP contribution in [0.5, 0.6) is 5.75 Å². The van der Waals surface area contributed by atoms with Crippen molar-refractivity contribution in [2.75, 3.05) is 11.9 Å². The van der Waals surface area contributed by atoms with Crippen molar-refractivity contribution in [2.24, 2.45) is 0 Å². The number of ether oxygens (including phenoxy) is 1. The van der Waals surface area contributed by atoms with E-state index in [0.29, 0.717) is 16.1 Å². The summed E-state index contributed by atoms with van der Waals surface area (Å²) in [5.74, 6) is -1.01. The van der Waals surface area contributed by atoms with Gasteiger partial charge < -0.3 is 10.1 Å². The van der Waals surface area contributed by atoms with Crippen molar-refractivity contribution in [3.63, 3.8) is 0 Å². The summed E-state index contributed by atoms with van der Waals surface area (Å²) in [6.07, 6.45) is 3.86. The van der Waals surface area contributed by atoms with E-state index in [1.807, 2.05) is 18.2 Å². The third-order valence-electron chi connectivity index (χ3n) is 4.88. The van der Waals surface area contributed by atoms with Gasteiger partial charge in [-0.3, -0.25) is 9.59 Å². The SMILES string of the molecule is O=C(COc1ccccc1F)Nc1sc2c(c1C(=O)c1ccccc1)CCCC2. The molecule has 0 saturated heterocycles. The van der Waals surface area contributed by atoms with Crippen molar-refractivity contribution >= 4 is 28.0 Å². The average molecular weight is 409 g/mol. The number of halogens is 1. The molecule has 0 fully saturated rings. The molecule has 4 nitrogen and oxygen atoms in total. The average Bonchev–Trinajstić information content (AvgIpc) is 3.11. The molecule has 0 bridgehead atoms. The number of carbonyl (C=O) groups excluding carboxylic acids is 2. The van der Waals surface area contributed by atoms with Crippen LogP contribution < -0.4 is 10.1 Å². The second kappa shape index (κ2) is 8.57. The summed E-state index contributed by atoms with van der Waals surface area (Å²) in [5.41, 5.74) is 2.22. The second-order valence-electron chi connectivity index (χ2n) is 6.88. The van der Waals surface area contributed by atoms with Crippen LogP contribution in [0.15, 0.2) is 54.6 Å². The Kier molecular flexibility index (Phi) is 5.71. The van der Waals surface area contributed by atoms with Crippen molar-refractivity contribution in [3.05, 3.63) is 82.0 Å². The number of rotatable bonds is 6. The number of hydrogen-bond acceptors (Lipinski definition) is 4. The molecule has 0 spiro atoms. The van der Waals surface area contributed by atoms with Crippen molar-refractivity contribution in [3.8, 4) is 5.75 Å². The van der Waals surface area contributed by atoms with Crippen LogP contribution in [-0.4, -0.2) is 18.3 Å². The molecule has 1 heterocycles. The largest absolute Gasteiger partial charge is 0.481 e. The fraction of sp³-hybridized carbons (Fsp3) is 0.217. The van der Waals surface area contributed by atoms with Gasteiger partial charge in [-0.25, -0.2) is 4.39 Å².